The minimum absolute atomic E-state index is 0.180. The highest BCUT2D eigenvalue weighted by molar-refractivity contribution is 7.89. The van der Waals surface area contributed by atoms with Crippen LogP contribution < -0.4 is 4.72 Å². The van der Waals surface area contributed by atoms with Gasteiger partial charge in [-0.3, -0.25) is 0 Å². The number of aromatic nitrogens is 2. The largest absolute Gasteiger partial charge is 0.327 e. The molecule has 7 heteroatoms. The topological polar surface area (TPSA) is 64.0 Å². The van der Waals surface area contributed by atoms with Crippen LogP contribution in [0.1, 0.15) is 31.3 Å². The molecule has 1 heterocycles. The Hall–Kier alpha value is -1.89. The third kappa shape index (κ3) is 3.42. The number of benzene rings is 2. The average Bonchev–Trinajstić information content (AvgIpc) is 2.95. The molecular formula is C18H20ClN3O2S. The van der Waals surface area contributed by atoms with E-state index in [9.17, 15) is 8.42 Å². The average molecular weight is 378 g/mol. The number of para-hydroxylation sites is 1. The molecule has 2 aromatic carbocycles. The summed E-state index contributed by atoms with van der Waals surface area (Å²) in [6.07, 6.45) is 0. The van der Waals surface area contributed by atoms with Crippen LogP contribution in [0.2, 0.25) is 5.02 Å². The third-order valence-corrected chi connectivity index (χ3v) is 5.97. The maximum absolute atomic E-state index is 12.6. The maximum atomic E-state index is 12.6. The van der Waals surface area contributed by atoms with Gasteiger partial charge in [-0.05, 0) is 56.7 Å². The van der Waals surface area contributed by atoms with E-state index in [0.29, 0.717) is 17.4 Å². The van der Waals surface area contributed by atoms with Crippen LogP contribution >= 0.6 is 11.6 Å². The van der Waals surface area contributed by atoms with E-state index in [-0.39, 0.29) is 4.90 Å². The van der Waals surface area contributed by atoms with Crippen LogP contribution in [0.5, 0.6) is 0 Å². The molecule has 25 heavy (non-hydrogen) atoms. The monoisotopic (exact) mass is 377 g/mol. The van der Waals surface area contributed by atoms with Crippen LogP contribution in [0, 0.1) is 6.92 Å². The number of sulfonamides is 1. The molecule has 0 saturated heterocycles. The van der Waals surface area contributed by atoms with Gasteiger partial charge in [0.25, 0.3) is 0 Å². The second-order valence-corrected chi connectivity index (χ2v) is 8.10. The van der Waals surface area contributed by atoms with E-state index in [1.54, 1.807) is 19.1 Å². The van der Waals surface area contributed by atoms with E-state index in [2.05, 4.69) is 14.3 Å². The van der Waals surface area contributed by atoms with E-state index < -0.39 is 16.1 Å². The van der Waals surface area contributed by atoms with Crippen molar-refractivity contribution in [1.82, 2.24) is 14.3 Å². The van der Waals surface area contributed by atoms with Crippen molar-refractivity contribution in [3.05, 3.63) is 58.9 Å². The SMILES string of the molecule is CCn1c([C@@H](C)NS(=O)(=O)c2ccc(Cl)cc2)nc2cccc(C)c21. The third-order valence-electron chi connectivity index (χ3n) is 4.16. The first-order valence-electron chi connectivity index (χ1n) is 8.07. The van der Waals surface area contributed by atoms with Gasteiger partial charge in [0.05, 0.1) is 22.0 Å². The van der Waals surface area contributed by atoms with Gasteiger partial charge in [0.1, 0.15) is 5.82 Å². The molecule has 132 valence electrons. The summed E-state index contributed by atoms with van der Waals surface area (Å²) in [6, 6.07) is 11.6. The number of aryl methyl sites for hydroxylation is 2. The summed E-state index contributed by atoms with van der Waals surface area (Å²) in [6.45, 7) is 6.57. The first-order chi connectivity index (χ1) is 11.8. The molecule has 3 rings (SSSR count). The molecule has 1 aromatic heterocycles. The van der Waals surface area contributed by atoms with Crippen molar-refractivity contribution in [1.29, 1.82) is 0 Å². The van der Waals surface area contributed by atoms with Crippen molar-refractivity contribution in [2.75, 3.05) is 0 Å². The van der Waals surface area contributed by atoms with Gasteiger partial charge in [-0.15, -0.1) is 0 Å². The standard InChI is InChI=1S/C18H20ClN3O2S/c1-4-22-17-12(2)6-5-7-16(17)20-18(22)13(3)21-25(23,24)15-10-8-14(19)9-11-15/h5-11,13,21H,4H2,1-3H3/t13-/m1/s1. The second kappa shape index (κ2) is 6.78. The lowest BCUT2D eigenvalue weighted by atomic mass is 10.2. The summed E-state index contributed by atoms with van der Waals surface area (Å²) in [4.78, 5) is 4.83. The number of hydrogen-bond donors (Lipinski definition) is 1. The molecule has 5 nitrogen and oxygen atoms in total. The zero-order valence-corrected chi connectivity index (χ0v) is 15.9. The highest BCUT2D eigenvalue weighted by Gasteiger charge is 2.23. The van der Waals surface area contributed by atoms with Crippen molar-refractivity contribution in [3.8, 4) is 0 Å². The minimum Gasteiger partial charge on any atom is -0.327 e. The van der Waals surface area contributed by atoms with Crippen molar-refractivity contribution in [2.24, 2.45) is 0 Å². The second-order valence-electron chi connectivity index (χ2n) is 5.95. The van der Waals surface area contributed by atoms with Gasteiger partial charge in [-0.2, -0.15) is 0 Å². The summed E-state index contributed by atoms with van der Waals surface area (Å²) in [5.41, 5.74) is 3.03. The fourth-order valence-electron chi connectivity index (χ4n) is 3.00. The summed E-state index contributed by atoms with van der Waals surface area (Å²) < 4.78 is 30.0. The summed E-state index contributed by atoms with van der Waals surface area (Å²) in [5, 5.41) is 0.496. The van der Waals surface area contributed by atoms with Gasteiger partial charge in [-0.25, -0.2) is 18.1 Å². The van der Waals surface area contributed by atoms with Crippen molar-refractivity contribution < 1.29 is 8.42 Å². The lowest BCUT2D eigenvalue weighted by molar-refractivity contribution is 0.549. The fraction of sp³-hybridized carbons (Fsp3) is 0.278. The molecule has 0 aliphatic rings. The van der Waals surface area contributed by atoms with E-state index in [1.165, 1.54) is 12.1 Å². The number of nitrogens with one attached hydrogen (secondary N) is 1. The minimum atomic E-state index is -3.66. The lowest BCUT2D eigenvalue weighted by Gasteiger charge is -2.16. The molecule has 0 aliphatic heterocycles. The Morgan fingerprint density at radius 1 is 1.20 bits per heavy atom. The zero-order chi connectivity index (χ0) is 18.2. The molecule has 0 bridgehead atoms. The van der Waals surface area contributed by atoms with E-state index >= 15 is 0 Å². The number of hydrogen-bond acceptors (Lipinski definition) is 3. The zero-order valence-electron chi connectivity index (χ0n) is 14.3. The van der Waals surface area contributed by atoms with Gasteiger partial charge in [0.2, 0.25) is 10.0 Å². The quantitative estimate of drug-likeness (QED) is 0.729. The Bertz CT molecular complexity index is 1010. The first-order valence-corrected chi connectivity index (χ1v) is 9.93. The van der Waals surface area contributed by atoms with Crippen LogP contribution in [0.3, 0.4) is 0 Å². The molecule has 0 radical (unpaired) electrons. The number of rotatable bonds is 5. The fourth-order valence-corrected chi connectivity index (χ4v) is 4.33. The normalized spacial score (nSPS) is 13.3. The van der Waals surface area contributed by atoms with Crippen LogP contribution in [0.25, 0.3) is 11.0 Å². The van der Waals surface area contributed by atoms with Gasteiger partial charge >= 0.3 is 0 Å². The highest BCUT2D eigenvalue weighted by Crippen LogP contribution is 2.25. The molecule has 1 N–H and O–H groups in total. The smallest absolute Gasteiger partial charge is 0.241 e. The van der Waals surface area contributed by atoms with E-state index in [0.717, 1.165) is 16.6 Å². The van der Waals surface area contributed by atoms with Gasteiger partial charge in [-0.1, -0.05) is 23.7 Å². The Morgan fingerprint density at radius 2 is 1.88 bits per heavy atom. The summed E-state index contributed by atoms with van der Waals surface area (Å²) >= 11 is 5.83. The number of halogens is 1. The molecule has 0 spiro atoms. The molecule has 3 aromatic rings. The Balaban J connectivity index is 1.98. The van der Waals surface area contributed by atoms with E-state index in [1.807, 2.05) is 32.0 Å². The van der Waals surface area contributed by atoms with Crippen LogP contribution in [-0.2, 0) is 16.6 Å². The number of nitrogens with zero attached hydrogens (tertiary/aromatic N) is 2. The molecular weight excluding hydrogens is 358 g/mol. The number of fused-ring (bicyclic) bond motifs is 1. The van der Waals surface area contributed by atoms with Gasteiger partial charge in [0, 0.05) is 11.6 Å². The molecule has 0 unspecified atom stereocenters. The predicted molar refractivity (Wildman–Crippen MR) is 100 cm³/mol. The highest BCUT2D eigenvalue weighted by atomic mass is 35.5. The molecule has 0 saturated carbocycles. The van der Waals surface area contributed by atoms with Crippen molar-refractivity contribution in [3.63, 3.8) is 0 Å². The predicted octanol–water partition coefficient (Wildman–Crippen LogP) is 4.06. The summed E-state index contributed by atoms with van der Waals surface area (Å²) in [7, 11) is -3.66. The van der Waals surface area contributed by atoms with E-state index in [4.69, 9.17) is 11.6 Å². The summed E-state index contributed by atoms with van der Waals surface area (Å²) in [5.74, 6) is 0.698. The molecule has 0 aliphatic carbocycles. The Morgan fingerprint density at radius 3 is 2.52 bits per heavy atom. The van der Waals surface area contributed by atoms with Gasteiger partial charge in [0.15, 0.2) is 0 Å². The number of imidazole rings is 1. The van der Waals surface area contributed by atoms with Crippen LogP contribution in [0.4, 0.5) is 0 Å². The van der Waals surface area contributed by atoms with Crippen LogP contribution in [0.15, 0.2) is 47.4 Å². The van der Waals surface area contributed by atoms with Gasteiger partial charge < -0.3 is 4.57 Å². The molecule has 0 amide bonds. The maximum Gasteiger partial charge on any atom is 0.241 e. The van der Waals surface area contributed by atoms with Crippen LogP contribution in [-0.4, -0.2) is 18.0 Å². The Kier molecular flexibility index (Phi) is 4.86. The lowest BCUT2D eigenvalue weighted by Crippen LogP contribution is -2.28. The van der Waals surface area contributed by atoms with Crippen molar-refractivity contribution in [2.45, 2.75) is 38.3 Å². The van der Waals surface area contributed by atoms with Crippen molar-refractivity contribution >= 4 is 32.7 Å². The Labute approximate surface area is 152 Å². The first kappa shape index (κ1) is 17.9. The molecule has 0 fully saturated rings. The molecule has 1 atom stereocenters.